The van der Waals surface area contributed by atoms with Crippen LogP contribution in [0.1, 0.15) is 36.5 Å². The SMILES string of the molecule is CCCCC(CN)NC(=O)c1c(F)cc(Br)cc1F.Cl. The lowest BCUT2D eigenvalue weighted by atomic mass is 10.1. The summed E-state index contributed by atoms with van der Waals surface area (Å²) in [7, 11) is 0. The minimum atomic E-state index is -0.893. The summed E-state index contributed by atoms with van der Waals surface area (Å²) >= 11 is 2.96. The van der Waals surface area contributed by atoms with Crippen molar-refractivity contribution in [2.75, 3.05) is 6.54 Å². The molecule has 0 saturated heterocycles. The number of hydrogen-bond acceptors (Lipinski definition) is 2. The van der Waals surface area contributed by atoms with Crippen molar-refractivity contribution in [2.45, 2.75) is 32.2 Å². The van der Waals surface area contributed by atoms with Gasteiger partial charge in [-0.25, -0.2) is 8.78 Å². The van der Waals surface area contributed by atoms with E-state index in [0.717, 1.165) is 25.0 Å². The predicted molar refractivity (Wildman–Crippen MR) is 81.1 cm³/mol. The molecule has 114 valence electrons. The van der Waals surface area contributed by atoms with E-state index in [1.54, 1.807) is 0 Å². The Bertz CT molecular complexity index is 437. The second-order valence-corrected chi connectivity index (χ2v) is 5.21. The maximum Gasteiger partial charge on any atom is 0.257 e. The summed E-state index contributed by atoms with van der Waals surface area (Å²) in [4.78, 5) is 11.9. The van der Waals surface area contributed by atoms with Crippen LogP contribution in [-0.2, 0) is 0 Å². The van der Waals surface area contributed by atoms with Crippen LogP contribution in [0.3, 0.4) is 0 Å². The summed E-state index contributed by atoms with van der Waals surface area (Å²) in [6.45, 7) is 2.26. The Morgan fingerprint density at radius 2 is 1.95 bits per heavy atom. The summed E-state index contributed by atoms with van der Waals surface area (Å²) in [5.41, 5.74) is 4.96. The van der Waals surface area contributed by atoms with Crippen LogP contribution in [0.2, 0.25) is 0 Å². The Labute approximate surface area is 131 Å². The molecular formula is C13H18BrClF2N2O. The van der Waals surface area contributed by atoms with Gasteiger partial charge < -0.3 is 11.1 Å². The Hall–Kier alpha value is -0.720. The molecule has 3 N–H and O–H groups in total. The quantitative estimate of drug-likeness (QED) is 0.805. The number of nitrogens with one attached hydrogen (secondary N) is 1. The molecule has 0 bridgehead atoms. The van der Waals surface area contributed by atoms with Crippen molar-refractivity contribution in [1.82, 2.24) is 5.32 Å². The zero-order valence-electron chi connectivity index (χ0n) is 11.1. The van der Waals surface area contributed by atoms with E-state index in [4.69, 9.17) is 5.73 Å². The minimum Gasteiger partial charge on any atom is -0.348 e. The zero-order chi connectivity index (χ0) is 14.4. The Morgan fingerprint density at radius 1 is 1.40 bits per heavy atom. The molecule has 0 saturated carbocycles. The van der Waals surface area contributed by atoms with Gasteiger partial charge >= 0.3 is 0 Å². The molecular weight excluding hydrogens is 354 g/mol. The zero-order valence-corrected chi connectivity index (χ0v) is 13.5. The third-order valence-electron chi connectivity index (χ3n) is 2.76. The average Bonchev–Trinajstić information content (AvgIpc) is 2.33. The van der Waals surface area contributed by atoms with Gasteiger partial charge in [0.05, 0.1) is 0 Å². The van der Waals surface area contributed by atoms with Gasteiger partial charge in [-0.3, -0.25) is 4.79 Å². The largest absolute Gasteiger partial charge is 0.348 e. The minimum absolute atomic E-state index is 0. The lowest BCUT2D eigenvalue weighted by molar-refractivity contribution is 0.0927. The molecule has 1 atom stereocenters. The van der Waals surface area contributed by atoms with Crippen molar-refractivity contribution < 1.29 is 13.6 Å². The van der Waals surface area contributed by atoms with Gasteiger partial charge in [0, 0.05) is 17.1 Å². The number of nitrogens with two attached hydrogens (primary N) is 1. The number of carbonyl (C=O) groups is 1. The van der Waals surface area contributed by atoms with Crippen molar-refractivity contribution in [2.24, 2.45) is 5.73 Å². The van der Waals surface area contributed by atoms with Crippen molar-refractivity contribution in [3.05, 3.63) is 33.8 Å². The number of benzene rings is 1. The highest BCUT2D eigenvalue weighted by Crippen LogP contribution is 2.19. The van der Waals surface area contributed by atoms with E-state index in [1.807, 2.05) is 6.92 Å². The smallest absolute Gasteiger partial charge is 0.257 e. The maximum atomic E-state index is 13.6. The van der Waals surface area contributed by atoms with E-state index in [9.17, 15) is 13.6 Å². The lowest BCUT2D eigenvalue weighted by Gasteiger charge is -2.17. The van der Waals surface area contributed by atoms with Crippen molar-refractivity contribution in [3.63, 3.8) is 0 Å². The first-order valence-electron chi connectivity index (χ1n) is 6.15. The highest BCUT2D eigenvalue weighted by molar-refractivity contribution is 9.10. The van der Waals surface area contributed by atoms with Gasteiger partial charge in [0.15, 0.2) is 0 Å². The van der Waals surface area contributed by atoms with E-state index >= 15 is 0 Å². The van der Waals surface area contributed by atoms with Crippen LogP contribution in [0.4, 0.5) is 8.78 Å². The number of hydrogen-bond donors (Lipinski definition) is 2. The molecule has 0 aliphatic heterocycles. The number of halogens is 4. The summed E-state index contributed by atoms with van der Waals surface area (Å²) in [6, 6.07) is 1.85. The predicted octanol–water partition coefficient (Wildman–Crippen LogP) is 3.40. The Morgan fingerprint density at radius 3 is 2.40 bits per heavy atom. The first-order chi connectivity index (χ1) is 8.99. The number of carbonyl (C=O) groups excluding carboxylic acids is 1. The molecule has 0 fully saturated rings. The first-order valence-corrected chi connectivity index (χ1v) is 6.94. The molecule has 1 amide bonds. The summed E-state index contributed by atoms with van der Waals surface area (Å²) in [5.74, 6) is -2.56. The third-order valence-corrected chi connectivity index (χ3v) is 3.22. The fraction of sp³-hybridized carbons (Fsp3) is 0.462. The van der Waals surface area contributed by atoms with Crippen LogP contribution >= 0.6 is 28.3 Å². The van der Waals surface area contributed by atoms with Crippen molar-refractivity contribution in [1.29, 1.82) is 0 Å². The molecule has 3 nitrogen and oxygen atoms in total. The first kappa shape index (κ1) is 19.3. The van der Waals surface area contributed by atoms with Crippen LogP contribution < -0.4 is 11.1 Å². The molecule has 1 rings (SSSR count). The summed E-state index contributed by atoms with van der Waals surface area (Å²) in [6.07, 6.45) is 2.55. The molecule has 20 heavy (non-hydrogen) atoms. The van der Waals surface area contributed by atoms with E-state index in [2.05, 4.69) is 21.2 Å². The maximum absolute atomic E-state index is 13.6. The van der Waals surface area contributed by atoms with Crippen LogP contribution in [0.5, 0.6) is 0 Å². The fourth-order valence-corrected chi connectivity index (χ4v) is 2.12. The van der Waals surface area contributed by atoms with Gasteiger partial charge in [0.25, 0.3) is 5.91 Å². The highest BCUT2D eigenvalue weighted by atomic mass is 79.9. The lowest BCUT2D eigenvalue weighted by Crippen LogP contribution is -2.40. The standard InChI is InChI=1S/C13H17BrF2N2O.ClH/c1-2-3-4-9(7-17)18-13(19)12-10(15)5-8(14)6-11(12)16;/h5-6,9H,2-4,7,17H2,1H3,(H,18,19);1H. The normalized spacial score (nSPS) is 11.7. The molecule has 0 aromatic heterocycles. The Balaban J connectivity index is 0.00000361. The highest BCUT2D eigenvalue weighted by Gasteiger charge is 2.20. The van der Waals surface area contributed by atoms with Gasteiger partial charge in [-0.15, -0.1) is 12.4 Å². The fourth-order valence-electron chi connectivity index (χ4n) is 1.72. The van der Waals surface area contributed by atoms with Crippen LogP contribution in [0, 0.1) is 11.6 Å². The number of amides is 1. The van der Waals surface area contributed by atoms with Gasteiger partial charge in [-0.05, 0) is 18.6 Å². The van der Waals surface area contributed by atoms with Gasteiger partial charge in [-0.1, -0.05) is 35.7 Å². The molecule has 7 heteroatoms. The van der Waals surface area contributed by atoms with Gasteiger partial charge in [0.2, 0.25) is 0 Å². The van der Waals surface area contributed by atoms with Crippen LogP contribution in [0.15, 0.2) is 16.6 Å². The molecule has 1 unspecified atom stereocenters. The topological polar surface area (TPSA) is 55.1 Å². The monoisotopic (exact) mass is 370 g/mol. The molecule has 0 radical (unpaired) electrons. The summed E-state index contributed by atoms with van der Waals surface area (Å²) < 4.78 is 27.5. The molecule has 0 aliphatic carbocycles. The molecule has 0 aliphatic rings. The molecule has 0 heterocycles. The van der Waals surface area contributed by atoms with Gasteiger partial charge in [-0.2, -0.15) is 0 Å². The van der Waals surface area contributed by atoms with Gasteiger partial charge in [0.1, 0.15) is 17.2 Å². The van der Waals surface area contributed by atoms with Crippen LogP contribution in [0.25, 0.3) is 0 Å². The second kappa shape index (κ2) is 9.26. The van der Waals surface area contributed by atoms with Crippen molar-refractivity contribution in [3.8, 4) is 0 Å². The number of unbranched alkanes of at least 4 members (excludes halogenated alkanes) is 1. The van der Waals surface area contributed by atoms with Crippen molar-refractivity contribution >= 4 is 34.2 Å². The van der Waals surface area contributed by atoms with E-state index < -0.39 is 23.1 Å². The molecule has 0 spiro atoms. The van der Waals surface area contributed by atoms with Crippen LogP contribution in [-0.4, -0.2) is 18.5 Å². The second-order valence-electron chi connectivity index (χ2n) is 4.29. The molecule has 1 aromatic carbocycles. The van der Waals surface area contributed by atoms with E-state index in [-0.39, 0.29) is 29.5 Å². The van der Waals surface area contributed by atoms with E-state index in [1.165, 1.54) is 0 Å². The Kier molecular flexibility index (Phi) is 8.93. The average molecular weight is 372 g/mol. The summed E-state index contributed by atoms with van der Waals surface area (Å²) in [5, 5.41) is 2.56. The number of rotatable bonds is 6. The van der Waals surface area contributed by atoms with E-state index in [0.29, 0.717) is 6.42 Å². The third kappa shape index (κ3) is 5.34. The molecule has 1 aromatic rings.